The van der Waals surface area contributed by atoms with E-state index in [-0.39, 0.29) is 12.7 Å². The Labute approximate surface area is 310 Å². The van der Waals surface area contributed by atoms with Gasteiger partial charge in [0, 0.05) is 74.1 Å². The normalized spacial score (nSPS) is 14.4. The Bertz CT molecular complexity index is 2000. The van der Waals surface area contributed by atoms with Gasteiger partial charge < -0.3 is 24.2 Å². The van der Waals surface area contributed by atoms with Gasteiger partial charge in [-0.1, -0.05) is 41.9 Å². The standard InChI is InChI=1S/C41H45ClN6O4/c1-28-33(7-4-8-36(28)37-9-5-10-39(29(37)2)50-14-6-12-48-13-11-35(49)25-48)27-52-41-17-40(51-26-31-15-30(18-43)19-44-20-31)34(16-38(41)42)24-47(3)23-32-21-45-46-22-32/h4-5,7-10,15-17,19-22,35,49H,6,11-14,23-27H2,1-3H3,(H,45,46)/t35-/m1/s1. The van der Waals surface area contributed by atoms with Crippen LogP contribution in [0, 0.1) is 25.2 Å². The molecular weight excluding hydrogens is 676 g/mol. The highest BCUT2D eigenvalue weighted by Crippen LogP contribution is 2.37. The van der Waals surface area contributed by atoms with Crippen LogP contribution in [0.5, 0.6) is 17.2 Å². The molecule has 0 saturated carbocycles. The summed E-state index contributed by atoms with van der Waals surface area (Å²) in [6.07, 6.45) is 8.47. The topological polar surface area (TPSA) is 120 Å². The number of β-amino-alcohol motifs (C(OH)–C–C–N with tert-alkyl or cyclic N) is 1. The van der Waals surface area contributed by atoms with Crippen molar-refractivity contribution in [2.45, 2.75) is 59.1 Å². The maximum absolute atomic E-state index is 9.80. The molecule has 10 nitrogen and oxygen atoms in total. The highest BCUT2D eigenvalue weighted by atomic mass is 35.5. The van der Waals surface area contributed by atoms with Crippen LogP contribution in [0.15, 0.2) is 79.4 Å². The fourth-order valence-corrected chi connectivity index (χ4v) is 6.83. The summed E-state index contributed by atoms with van der Waals surface area (Å²) in [5.74, 6) is 2.03. The molecule has 11 heteroatoms. The fourth-order valence-electron chi connectivity index (χ4n) is 6.59. The molecule has 2 aromatic heterocycles. The molecule has 1 aliphatic heterocycles. The van der Waals surface area contributed by atoms with Gasteiger partial charge in [-0.05, 0) is 79.8 Å². The fraction of sp³-hybridized carbons (Fsp3) is 0.341. The second-order valence-corrected chi connectivity index (χ2v) is 13.8. The third-order valence-corrected chi connectivity index (χ3v) is 9.70. The van der Waals surface area contributed by atoms with Crippen molar-refractivity contribution in [2.24, 2.45) is 0 Å². The molecule has 0 unspecified atom stereocenters. The number of ether oxygens (including phenoxy) is 3. The largest absolute Gasteiger partial charge is 0.493 e. The van der Waals surface area contributed by atoms with E-state index in [1.54, 1.807) is 18.5 Å². The van der Waals surface area contributed by atoms with E-state index in [1.165, 1.54) is 6.20 Å². The molecular formula is C41H45ClN6O4. The first-order valence-electron chi connectivity index (χ1n) is 17.6. The molecule has 2 N–H and O–H groups in total. The number of aromatic amines is 1. The molecule has 270 valence electrons. The number of halogens is 1. The van der Waals surface area contributed by atoms with Gasteiger partial charge in [-0.2, -0.15) is 10.4 Å². The van der Waals surface area contributed by atoms with Gasteiger partial charge >= 0.3 is 0 Å². The molecule has 3 aromatic carbocycles. The van der Waals surface area contributed by atoms with E-state index in [4.69, 9.17) is 25.8 Å². The third kappa shape index (κ3) is 9.49. The number of aliphatic hydroxyl groups is 1. The molecule has 1 fully saturated rings. The summed E-state index contributed by atoms with van der Waals surface area (Å²) >= 11 is 6.86. The first kappa shape index (κ1) is 36.9. The van der Waals surface area contributed by atoms with Gasteiger partial charge in [-0.25, -0.2) is 0 Å². The Morgan fingerprint density at radius 2 is 1.73 bits per heavy atom. The molecule has 0 bridgehead atoms. The van der Waals surface area contributed by atoms with Gasteiger partial charge in [0.2, 0.25) is 0 Å². The predicted octanol–water partition coefficient (Wildman–Crippen LogP) is 7.24. The SMILES string of the molecule is Cc1c(COc2cc(OCc3cncc(C#N)c3)c(CN(C)Cc3cn[nH]c3)cc2Cl)cccc1-c1cccc(OCCCN2CC[C@@H](O)C2)c1C. The average molecular weight is 721 g/mol. The molecule has 52 heavy (non-hydrogen) atoms. The summed E-state index contributed by atoms with van der Waals surface area (Å²) in [5.41, 5.74) is 8.72. The van der Waals surface area contributed by atoms with Gasteiger partial charge in [0.15, 0.2) is 0 Å². The lowest BCUT2D eigenvalue weighted by Crippen LogP contribution is -2.24. The third-order valence-electron chi connectivity index (χ3n) is 9.41. The lowest BCUT2D eigenvalue weighted by molar-refractivity contribution is 0.173. The summed E-state index contributed by atoms with van der Waals surface area (Å²) in [5, 5.41) is 26.5. The number of pyridine rings is 1. The Hall–Kier alpha value is -4.92. The van der Waals surface area contributed by atoms with Gasteiger partial charge in [-0.15, -0.1) is 0 Å². The average Bonchev–Trinajstić information content (AvgIpc) is 3.82. The second kappa shape index (κ2) is 17.5. The van der Waals surface area contributed by atoms with Gasteiger partial charge in [0.1, 0.15) is 36.5 Å². The molecule has 1 atom stereocenters. The van der Waals surface area contributed by atoms with Crippen LogP contribution in [0.25, 0.3) is 11.1 Å². The van der Waals surface area contributed by atoms with Crippen LogP contribution >= 0.6 is 11.6 Å². The first-order valence-corrected chi connectivity index (χ1v) is 17.9. The number of hydrogen-bond donors (Lipinski definition) is 2. The summed E-state index contributed by atoms with van der Waals surface area (Å²) in [6, 6.07) is 20.1. The van der Waals surface area contributed by atoms with Crippen molar-refractivity contribution < 1.29 is 19.3 Å². The van der Waals surface area contributed by atoms with Crippen molar-refractivity contribution in [3.8, 4) is 34.4 Å². The first-order chi connectivity index (χ1) is 25.3. The predicted molar refractivity (Wildman–Crippen MR) is 201 cm³/mol. The number of aromatic nitrogens is 3. The number of nitriles is 1. The van der Waals surface area contributed by atoms with Crippen LogP contribution in [-0.4, -0.2) is 69.5 Å². The Morgan fingerprint density at radius 3 is 2.50 bits per heavy atom. The molecule has 5 aromatic rings. The van der Waals surface area contributed by atoms with Crippen LogP contribution in [-0.2, 0) is 26.3 Å². The van der Waals surface area contributed by atoms with E-state index in [1.807, 2.05) is 37.5 Å². The lowest BCUT2D eigenvalue weighted by Gasteiger charge is -2.21. The number of likely N-dealkylation sites (tertiary alicyclic amines) is 1. The number of nitrogens with zero attached hydrogens (tertiary/aromatic N) is 5. The highest BCUT2D eigenvalue weighted by Gasteiger charge is 2.20. The molecule has 0 spiro atoms. The monoisotopic (exact) mass is 720 g/mol. The number of benzene rings is 3. The maximum Gasteiger partial charge on any atom is 0.142 e. The van der Waals surface area contributed by atoms with Crippen LogP contribution in [0.2, 0.25) is 5.02 Å². The van der Waals surface area contributed by atoms with Crippen molar-refractivity contribution in [1.29, 1.82) is 5.26 Å². The summed E-state index contributed by atoms with van der Waals surface area (Å²) in [7, 11) is 2.02. The minimum atomic E-state index is -0.201. The van der Waals surface area contributed by atoms with Crippen molar-refractivity contribution >= 4 is 11.6 Å². The smallest absolute Gasteiger partial charge is 0.142 e. The number of hydrogen-bond acceptors (Lipinski definition) is 9. The van der Waals surface area contributed by atoms with E-state index in [9.17, 15) is 10.4 Å². The van der Waals surface area contributed by atoms with Crippen LogP contribution in [0.3, 0.4) is 0 Å². The quantitative estimate of drug-likeness (QED) is 0.102. The molecule has 0 amide bonds. The molecule has 0 radical (unpaired) electrons. The molecule has 1 saturated heterocycles. The van der Waals surface area contributed by atoms with Gasteiger partial charge in [-0.3, -0.25) is 15.0 Å². The van der Waals surface area contributed by atoms with Crippen molar-refractivity contribution in [2.75, 3.05) is 33.3 Å². The van der Waals surface area contributed by atoms with Crippen molar-refractivity contribution in [1.82, 2.24) is 25.0 Å². The molecule has 0 aliphatic carbocycles. The summed E-state index contributed by atoms with van der Waals surface area (Å²) < 4.78 is 19.0. The zero-order valence-corrected chi connectivity index (χ0v) is 30.7. The van der Waals surface area contributed by atoms with Gasteiger partial charge in [0.05, 0.1) is 29.5 Å². The van der Waals surface area contributed by atoms with Crippen LogP contribution in [0.1, 0.15) is 51.8 Å². The number of nitrogens with one attached hydrogen (secondary N) is 1. The number of aliphatic hydroxyl groups excluding tert-OH is 1. The summed E-state index contributed by atoms with van der Waals surface area (Å²) in [4.78, 5) is 8.62. The molecule has 6 rings (SSSR count). The zero-order valence-electron chi connectivity index (χ0n) is 29.9. The van der Waals surface area contributed by atoms with Crippen LogP contribution < -0.4 is 14.2 Å². The van der Waals surface area contributed by atoms with E-state index < -0.39 is 0 Å². The minimum Gasteiger partial charge on any atom is -0.493 e. The summed E-state index contributed by atoms with van der Waals surface area (Å²) in [6.45, 7) is 9.27. The Morgan fingerprint density at radius 1 is 0.923 bits per heavy atom. The van der Waals surface area contributed by atoms with Crippen LogP contribution in [0.4, 0.5) is 0 Å². The number of H-pyrrole nitrogens is 1. The second-order valence-electron chi connectivity index (χ2n) is 13.4. The number of rotatable bonds is 16. The van der Waals surface area contributed by atoms with Crippen molar-refractivity contribution in [3.63, 3.8) is 0 Å². The maximum atomic E-state index is 9.80. The lowest BCUT2D eigenvalue weighted by atomic mass is 9.93. The van der Waals surface area contributed by atoms with E-state index >= 15 is 0 Å². The molecule has 1 aliphatic rings. The zero-order chi connectivity index (χ0) is 36.5. The van der Waals surface area contributed by atoms with Crippen molar-refractivity contribution in [3.05, 3.63) is 123 Å². The van der Waals surface area contributed by atoms with E-state index in [2.05, 4.69) is 69.2 Å². The van der Waals surface area contributed by atoms with E-state index in [0.29, 0.717) is 48.4 Å². The van der Waals surface area contributed by atoms with Gasteiger partial charge in [0.25, 0.3) is 0 Å². The Balaban J connectivity index is 1.16. The molecule has 3 heterocycles. The van der Waals surface area contributed by atoms with E-state index in [0.717, 1.165) is 82.7 Å². The minimum absolute atomic E-state index is 0.201. The highest BCUT2D eigenvalue weighted by molar-refractivity contribution is 6.32. The Kier molecular flexibility index (Phi) is 12.4.